The topological polar surface area (TPSA) is 76.3 Å². The quantitative estimate of drug-likeness (QED) is 0.514. The number of nitriles is 1. The van der Waals surface area contributed by atoms with Crippen LogP contribution in [0.2, 0.25) is 0 Å². The normalized spacial score (nSPS) is 10.8. The van der Waals surface area contributed by atoms with Crippen LogP contribution in [-0.2, 0) is 4.74 Å². The fourth-order valence-electron chi connectivity index (χ4n) is 3.54. The summed E-state index contributed by atoms with van der Waals surface area (Å²) in [6.07, 6.45) is 0.302. The predicted molar refractivity (Wildman–Crippen MR) is 119 cm³/mol. The number of carbonyl (C=O) groups excluding carboxylic acids is 1. The number of rotatable bonds is 7. The molecule has 6 nitrogen and oxygen atoms in total. The van der Waals surface area contributed by atoms with Gasteiger partial charge in [-0.2, -0.15) is 5.26 Å². The van der Waals surface area contributed by atoms with Crippen molar-refractivity contribution < 1.29 is 14.3 Å². The fraction of sp³-hybridized carbons (Fsp3) is 0.333. The van der Waals surface area contributed by atoms with Gasteiger partial charge in [0.15, 0.2) is 0 Å². The minimum Gasteiger partial charge on any atom is -0.494 e. The van der Waals surface area contributed by atoms with Crippen molar-refractivity contribution in [3.8, 4) is 23.1 Å². The lowest BCUT2D eigenvalue weighted by atomic mass is 10.1. The Balaban J connectivity index is 2.05. The SMILES string of the molecule is CCCOC(=O)Nc1ccc(-c2c(C#N)c3ccc(OCC)cc3n2C(C)C)cc1. The number of carbonyl (C=O) groups is 1. The number of anilines is 1. The third-order valence-corrected chi connectivity index (χ3v) is 4.76. The number of fused-ring (bicyclic) bond motifs is 1. The molecule has 0 radical (unpaired) electrons. The molecule has 0 bridgehead atoms. The second kappa shape index (κ2) is 9.36. The van der Waals surface area contributed by atoms with Gasteiger partial charge in [-0.1, -0.05) is 19.1 Å². The first kappa shape index (κ1) is 21.3. The van der Waals surface area contributed by atoms with E-state index in [1.165, 1.54) is 0 Å². The zero-order chi connectivity index (χ0) is 21.7. The van der Waals surface area contributed by atoms with Crippen LogP contribution in [0, 0.1) is 11.3 Å². The number of benzene rings is 2. The molecule has 2 aromatic carbocycles. The van der Waals surface area contributed by atoms with E-state index >= 15 is 0 Å². The molecular weight excluding hydrogens is 378 g/mol. The average molecular weight is 405 g/mol. The lowest BCUT2D eigenvalue weighted by molar-refractivity contribution is 0.161. The maximum atomic E-state index is 11.8. The van der Waals surface area contributed by atoms with Crippen molar-refractivity contribution in [3.63, 3.8) is 0 Å². The van der Waals surface area contributed by atoms with Crippen molar-refractivity contribution in [2.45, 2.75) is 40.2 Å². The van der Waals surface area contributed by atoms with E-state index in [-0.39, 0.29) is 6.04 Å². The summed E-state index contributed by atoms with van der Waals surface area (Å²) in [5.41, 5.74) is 4.00. The zero-order valence-corrected chi connectivity index (χ0v) is 17.9. The minimum atomic E-state index is -0.470. The lowest BCUT2D eigenvalue weighted by Gasteiger charge is -2.16. The Morgan fingerprint density at radius 1 is 1.17 bits per heavy atom. The molecule has 0 aliphatic heterocycles. The summed E-state index contributed by atoms with van der Waals surface area (Å²) in [7, 11) is 0. The van der Waals surface area contributed by atoms with Crippen LogP contribution < -0.4 is 10.1 Å². The molecule has 6 heteroatoms. The summed E-state index contributed by atoms with van der Waals surface area (Å²) in [4.78, 5) is 11.8. The maximum Gasteiger partial charge on any atom is 0.411 e. The fourth-order valence-corrected chi connectivity index (χ4v) is 3.54. The van der Waals surface area contributed by atoms with Crippen LogP contribution in [0.5, 0.6) is 5.75 Å². The number of amides is 1. The van der Waals surface area contributed by atoms with Crippen molar-refractivity contribution in [3.05, 3.63) is 48.0 Å². The number of aromatic nitrogens is 1. The first-order chi connectivity index (χ1) is 14.5. The smallest absolute Gasteiger partial charge is 0.411 e. The Bertz CT molecular complexity index is 1080. The monoisotopic (exact) mass is 405 g/mol. The van der Waals surface area contributed by atoms with Crippen molar-refractivity contribution in [1.82, 2.24) is 4.57 Å². The van der Waals surface area contributed by atoms with Gasteiger partial charge < -0.3 is 14.0 Å². The van der Waals surface area contributed by atoms with Gasteiger partial charge in [-0.15, -0.1) is 0 Å². The molecule has 1 N–H and O–H groups in total. The van der Waals surface area contributed by atoms with E-state index in [1.807, 2.05) is 56.3 Å². The highest BCUT2D eigenvalue weighted by atomic mass is 16.5. The molecule has 3 aromatic rings. The lowest BCUT2D eigenvalue weighted by Crippen LogP contribution is -2.13. The molecule has 0 saturated carbocycles. The summed E-state index contributed by atoms with van der Waals surface area (Å²) in [5, 5.41) is 13.6. The molecule has 30 heavy (non-hydrogen) atoms. The molecule has 0 fully saturated rings. The molecule has 0 unspecified atom stereocenters. The van der Waals surface area contributed by atoms with Crippen LogP contribution >= 0.6 is 0 Å². The summed E-state index contributed by atoms with van der Waals surface area (Å²) >= 11 is 0. The number of nitrogens with zero attached hydrogens (tertiary/aromatic N) is 2. The standard InChI is InChI=1S/C24H27N3O3/c1-5-13-30-24(28)26-18-9-7-17(8-10-18)23-21(15-25)20-12-11-19(29-6-2)14-22(20)27(23)16(3)4/h7-12,14,16H,5-6,13H2,1-4H3,(H,26,28). The zero-order valence-electron chi connectivity index (χ0n) is 17.9. The molecule has 156 valence electrons. The van der Waals surface area contributed by atoms with E-state index in [9.17, 15) is 10.1 Å². The third-order valence-electron chi connectivity index (χ3n) is 4.76. The summed E-state index contributed by atoms with van der Waals surface area (Å²) in [5.74, 6) is 0.783. The molecule has 1 heterocycles. The number of hydrogen-bond acceptors (Lipinski definition) is 4. The Morgan fingerprint density at radius 3 is 2.50 bits per heavy atom. The van der Waals surface area contributed by atoms with Crippen molar-refractivity contribution in [2.24, 2.45) is 0 Å². The Morgan fingerprint density at radius 2 is 1.90 bits per heavy atom. The first-order valence-electron chi connectivity index (χ1n) is 10.2. The molecule has 0 atom stereocenters. The van der Waals surface area contributed by atoms with E-state index < -0.39 is 6.09 Å². The van der Waals surface area contributed by atoms with Crippen LogP contribution in [-0.4, -0.2) is 23.9 Å². The summed E-state index contributed by atoms with van der Waals surface area (Å²) < 4.78 is 12.9. The second-order valence-corrected chi connectivity index (χ2v) is 7.25. The largest absolute Gasteiger partial charge is 0.494 e. The minimum absolute atomic E-state index is 0.142. The van der Waals surface area contributed by atoms with Gasteiger partial charge in [0.2, 0.25) is 0 Å². The molecule has 0 spiro atoms. The van der Waals surface area contributed by atoms with E-state index in [1.54, 1.807) is 0 Å². The van der Waals surface area contributed by atoms with Gasteiger partial charge in [-0.3, -0.25) is 5.32 Å². The van der Waals surface area contributed by atoms with Crippen LogP contribution in [0.15, 0.2) is 42.5 Å². The maximum absolute atomic E-state index is 11.8. The van der Waals surface area contributed by atoms with E-state index in [4.69, 9.17) is 9.47 Å². The molecule has 0 aliphatic rings. The Kier molecular flexibility index (Phi) is 6.63. The van der Waals surface area contributed by atoms with Gasteiger partial charge >= 0.3 is 6.09 Å². The van der Waals surface area contributed by atoms with E-state index in [2.05, 4.69) is 29.8 Å². The van der Waals surface area contributed by atoms with E-state index in [0.717, 1.165) is 34.3 Å². The third kappa shape index (κ3) is 4.25. The van der Waals surface area contributed by atoms with Gasteiger partial charge in [-0.25, -0.2) is 4.79 Å². The highest BCUT2D eigenvalue weighted by Crippen LogP contribution is 2.37. The van der Waals surface area contributed by atoms with Gasteiger partial charge in [0.1, 0.15) is 11.8 Å². The Labute approximate surface area is 177 Å². The van der Waals surface area contributed by atoms with Gasteiger partial charge in [0.25, 0.3) is 0 Å². The van der Waals surface area contributed by atoms with E-state index in [0.29, 0.717) is 24.5 Å². The van der Waals surface area contributed by atoms with Crippen LogP contribution in [0.3, 0.4) is 0 Å². The average Bonchev–Trinajstić information content (AvgIpc) is 3.06. The Hall–Kier alpha value is -3.46. The highest BCUT2D eigenvalue weighted by Gasteiger charge is 2.21. The van der Waals surface area contributed by atoms with Crippen LogP contribution in [0.1, 0.15) is 45.7 Å². The predicted octanol–water partition coefficient (Wildman–Crippen LogP) is 6.12. The highest BCUT2D eigenvalue weighted by molar-refractivity contribution is 5.95. The molecule has 1 aromatic heterocycles. The number of nitrogens with one attached hydrogen (secondary N) is 1. The summed E-state index contributed by atoms with van der Waals surface area (Å²) in [6.45, 7) is 9.05. The van der Waals surface area contributed by atoms with Gasteiger partial charge in [0.05, 0.1) is 30.0 Å². The number of hydrogen-bond donors (Lipinski definition) is 1. The van der Waals surface area contributed by atoms with Gasteiger partial charge in [-0.05, 0) is 57.0 Å². The molecule has 0 aliphatic carbocycles. The van der Waals surface area contributed by atoms with Gasteiger partial charge in [0, 0.05) is 23.2 Å². The van der Waals surface area contributed by atoms with Crippen molar-refractivity contribution in [1.29, 1.82) is 5.26 Å². The molecule has 1 amide bonds. The van der Waals surface area contributed by atoms with Crippen molar-refractivity contribution >= 4 is 22.7 Å². The summed E-state index contributed by atoms with van der Waals surface area (Å²) in [6, 6.07) is 15.8. The molecule has 3 rings (SSSR count). The van der Waals surface area contributed by atoms with Crippen molar-refractivity contribution in [2.75, 3.05) is 18.5 Å². The second-order valence-electron chi connectivity index (χ2n) is 7.25. The first-order valence-corrected chi connectivity index (χ1v) is 10.2. The molecular formula is C24H27N3O3. The van der Waals surface area contributed by atoms with Crippen LogP contribution in [0.4, 0.5) is 10.5 Å². The van der Waals surface area contributed by atoms with Crippen LogP contribution in [0.25, 0.3) is 22.2 Å². The number of ether oxygens (including phenoxy) is 2. The molecule has 0 saturated heterocycles.